The summed E-state index contributed by atoms with van der Waals surface area (Å²) in [6.07, 6.45) is 1.02. The van der Waals surface area contributed by atoms with Crippen LogP contribution in [0.1, 0.15) is 36.2 Å². The van der Waals surface area contributed by atoms with E-state index < -0.39 is 0 Å². The number of hydrogen-bond acceptors (Lipinski definition) is 5. The highest BCUT2D eigenvalue weighted by molar-refractivity contribution is 7.80. The molecule has 0 radical (unpaired) electrons. The maximum absolute atomic E-state index is 12.6. The predicted octanol–water partition coefficient (Wildman–Crippen LogP) is 6.76. The smallest absolute Gasteiger partial charge is 0.257 e. The van der Waals surface area contributed by atoms with Crippen LogP contribution in [0.4, 0.5) is 5.69 Å². The van der Waals surface area contributed by atoms with Crippen LogP contribution in [0.5, 0.6) is 5.75 Å². The van der Waals surface area contributed by atoms with Gasteiger partial charge in [-0.3, -0.25) is 10.1 Å². The van der Waals surface area contributed by atoms with Crippen molar-refractivity contribution < 1.29 is 13.9 Å². The van der Waals surface area contributed by atoms with Gasteiger partial charge in [-0.1, -0.05) is 24.6 Å². The standard InChI is InChI=1S/C26H24ClN3O3S/c1-4-16(3)32-20-10-7-17(8-11-20)24(31)30-26(34)29-21-13-18(6-5-15(21)2)25-28-22-14-19(27)9-12-23(22)33-25/h5-14,16H,4H2,1-3H3,(H2,29,30,31,34)/t16-/m1/s1. The van der Waals surface area contributed by atoms with E-state index in [-0.39, 0.29) is 17.1 Å². The van der Waals surface area contributed by atoms with Gasteiger partial charge in [0.15, 0.2) is 10.7 Å². The highest BCUT2D eigenvalue weighted by Crippen LogP contribution is 2.29. The van der Waals surface area contributed by atoms with Crippen LogP contribution in [0.25, 0.3) is 22.6 Å². The van der Waals surface area contributed by atoms with E-state index in [1.807, 2.05) is 32.0 Å². The van der Waals surface area contributed by atoms with Gasteiger partial charge < -0.3 is 14.5 Å². The van der Waals surface area contributed by atoms with E-state index in [1.54, 1.807) is 42.5 Å². The van der Waals surface area contributed by atoms with Crippen molar-refractivity contribution in [2.24, 2.45) is 0 Å². The zero-order valence-corrected chi connectivity index (χ0v) is 20.6. The van der Waals surface area contributed by atoms with Crippen LogP contribution in [-0.4, -0.2) is 22.1 Å². The summed E-state index contributed by atoms with van der Waals surface area (Å²) in [6.45, 7) is 6.00. The Morgan fingerprint density at radius 1 is 1.15 bits per heavy atom. The van der Waals surface area contributed by atoms with Crippen LogP contribution in [0.15, 0.2) is 65.1 Å². The minimum atomic E-state index is -0.308. The number of amides is 1. The maximum Gasteiger partial charge on any atom is 0.257 e. The van der Waals surface area contributed by atoms with Gasteiger partial charge in [0.05, 0.1) is 6.10 Å². The number of anilines is 1. The minimum absolute atomic E-state index is 0.114. The number of halogens is 1. The number of carbonyl (C=O) groups excluding carboxylic acids is 1. The fourth-order valence-corrected chi connectivity index (χ4v) is 3.61. The number of aryl methyl sites for hydroxylation is 1. The molecule has 0 fully saturated rings. The lowest BCUT2D eigenvalue weighted by atomic mass is 10.1. The van der Waals surface area contributed by atoms with Crippen molar-refractivity contribution in [2.45, 2.75) is 33.3 Å². The quantitative estimate of drug-likeness (QED) is 0.289. The van der Waals surface area contributed by atoms with Gasteiger partial charge in [0.1, 0.15) is 11.3 Å². The maximum atomic E-state index is 12.6. The van der Waals surface area contributed by atoms with E-state index in [2.05, 4.69) is 22.5 Å². The molecule has 3 aromatic carbocycles. The number of rotatable bonds is 6. The van der Waals surface area contributed by atoms with Crippen LogP contribution in [-0.2, 0) is 0 Å². The molecule has 0 unspecified atom stereocenters. The van der Waals surface area contributed by atoms with E-state index in [0.29, 0.717) is 27.6 Å². The number of ether oxygens (including phenoxy) is 1. The number of benzene rings is 3. The molecule has 6 nitrogen and oxygen atoms in total. The van der Waals surface area contributed by atoms with Gasteiger partial charge in [0.25, 0.3) is 5.91 Å². The predicted molar refractivity (Wildman–Crippen MR) is 140 cm³/mol. The van der Waals surface area contributed by atoms with Crippen LogP contribution in [0, 0.1) is 6.92 Å². The lowest BCUT2D eigenvalue weighted by Crippen LogP contribution is -2.34. The van der Waals surface area contributed by atoms with E-state index in [1.165, 1.54) is 0 Å². The summed E-state index contributed by atoms with van der Waals surface area (Å²) >= 11 is 11.4. The van der Waals surface area contributed by atoms with Crippen molar-refractivity contribution in [1.82, 2.24) is 10.3 Å². The molecule has 2 N–H and O–H groups in total. The first-order valence-corrected chi connectivity index (χ1v) is 11.7. The summed E-state index contributed by atoms with van der Waals surface area (Å²) in [5.41, 5.74) is 4.27. The van der Waals surface area contributed by atoms with Crippen LogP contribution in [0.2, 0.25) is 5.02 Å². The Hall–Kier alpha value is -3.42. The summed E-state index contributed by atoms with van der Waals surface area (Å²) in [5, 5.41) is 6.59. The molecular formula is C26H24ClN3O3S. The molecule has 1 atom stereocenters. The number of aromatic nitrogens is 1. The normalized spacial score (nSPS) is 11.8. The van der Waals surface area contributed by atoms with E-state index in [4.69, 9.17) is 33.0 Å². The third kappa shape index (κ3) is 5.55. The average Bonchev–Trinajstić information content (AvgIpc) is 3.24. The molecule has 4 aromatic rings. The van der Waals surface area contributed by atoms with Gasteiger partial charge >= 0.3 is 0 Å². The fraction of sp³-hybridized carbons (Fsp3) is 0.192. The molecule has 0 saturated carbocycles. The lowest BCUT2D eigenvalue weighted by molar-refractivity contribution is 0.0977. The van der Waals surface area contributed by atoms with Gasteiger partial charge in [0.2, 0.25) is 5.89 Å². The topological polar surface area (TPSA) is 76.4 Å². The van der Waals surface area contributed by atoms with Gasteiger partial charge in [0, 0.05) is 21.8 Å². The Kier molecular flexibility index (Phi) is 7.14. The number of carbonyl (C=O) groups is 1. The summed E-state index contributed by atoms with van der Waals surface area (Å²) in [6, 6.07) is 18.0. The second kappa shape index (κ2) is 10.2. The van der Waals surface area contributed by atoms with Crippen LogP contribution in [0.3, 0.4) is 0 Å². The Morgan fingerprint density at radius 2 is 1.91 bits per heavy atom. The third-order valence-corrected chi connectivity index (χ3v) is 5.78. The Morgan fingerprint density at radius 3 is 2.65 bits per heavy atom. The molecular weight excluding hydrogens is 470 g/mol. The van der Waals surface area contributed by atoms with Gasteiger partial charge in [-0.2, -0.15) is 0 Å². The number of thiocarbonyl (C=S) groups is 1. The molecule has 4 rings (SSSR count). The molecule has 0 spiro atoms. The second-order valence-electron chi connectivity index (χ2n) is 7.93. The SMILES string of the molecule is CC[C@@H](C)Oc1ccc(C(=O)NC(=S)Nc2cc(-c3nc4cc(Cl)ccc4o3)ccc2C)cc1. The zero-order valence-electron chi connectivity index (χ0n) is 19.0. The molecule has 1 aromatic heterocycles. The Bertz CT molecular complexity index is 1350. The molecule has 174 valence electrons. The number of oxazole rings is 1. The molecule has 34 heavy (non-hydrogen) atoms. The fourth-order valence-electron chi connectivity index (χ4n) is 3.24. The third-order valence-electron chi connectivity index (χ3n) is 5.34. The second-order valence-corrected chi connectivity index (χ2v) is 8.77. The van der Waals surface area contributed by atoms with Gasteiger partial charge in [-0.15, -0.1) is 0 Å². The molecule has 8 heteroatoms. The first-order valence-electron chi connectivity index (χ1n) is 10.9. The lowest BCUT2D eigenvalue weighted by Gasteiger charge is -2.14. The van der Waals surface area contributed by atoms with Crippen molar-refractivity contribution >= 4 is 51.6 Å². The summed E-state index contributed by atoms with van der Waals surface area (Å²) in [4.78, 5) is 17.1. The summed E-state index contributed by atoms with van der Waals surface area (Å²) in [7, 11) is 0. The molecule has 0 saturated heterocycles. The number of fused-ring (bicyclic) bond motifs is 1. The van der Waals surface area contributed by atoms with Crippen molar-refractivity contribution in [3.05, 3.63) is 76.8 Å². The molecule has 1 heterocycles. The first kappa shape index (κ1) is 23.7. The molecule has 0 bridgehead atoms. The highest BCUT2D eigenvalue weighted by atomic mass is 35.5. The summed E-state index contributed by atoms with van der Waals surface area (Å²) in [5.74, 6) is 0.882. The number of hydrogen-bond donors (Lipinski definition) is 2. The molecule has 0 aliphatic carbocycles. The van der Waals surface area contributed by atoms with E-state index >= 15 is 0 Å². The van der Waals surface area contributed by atoms with Crippen molar-refractivity contribution in [2.75, 3.05) is 5.32 Å². The monoisotopic (exact) mass is 493 g/mol. The molecule has 0 aliphatic heterocycles. The first-order chi connectivity index (χ1) is 16.3. The van der Waals surface area contributed by atoms with E-state index in [9.17, 15) is 4.79 Å². The largest absolute Gasteiger partial charge is 0.491 e. The minimum Gasteiger partial charge on any atom is -0.491 e. The van der Waals surface area contributed by atoms with E-state index in [0.717, 1.165) is 29.0 Å². The van der Waals surface area contributed by atoms with Crippen molar-refractivity contribution in [1.29, 1.82) is 0 Å². The highest BCUT2D eigenvalue weighted by Gasteiger charge is 2.13. The van der Waals surface area contributed by atoms with Gasteiger partial charge in [-0.25, -0.2) is 4.98 Å². The van der Waals surface area contributed by atoms with Crippen LogP contribution >= 0.6 is 23.8 Å². The molecule has 0 aliphatic rings. The number of nitrogens with zero attached hydrogens (tertiary/aromatic N) is 1. The number of nitrogens with one attached hydrogen (secondary N) is 2. The summed E-state index contributed by atoms with van der Waals surface area (Å²) < 4.78 is 11.6. The molecule has 1 amide bonds. The average molecular weight is 494 g/mol. The van der Waals surface area contributed by atoms with Crippen molar-refractivity contribution in [3.63, 3.8) is 0 Å². The Balaban J connectivity index is 1.44. The van der Waals surface area contributed by atoms with Crippen LogP contribution < -0.4 is 15.4 Å². The Labute approximate surface area is 208 Å². The van der Waals surface area contributed by atoms with Gasteiger partial charge in [-0.05, 0) is 92.6 Å². The van der Waals surface area contributed by atoms with Crippen molar-refractivity contribution in [3.8, 4) is 17.2 Å². The zero-order chi connectivity index (χ0) is 24.2.